The largest absolute Gasteiger partial charge is 0.323 e. The third kappa shape index (κ3) is 2.51. The standard InChI is InChI=1S/C5H6BrN3.ClH/c6-5-2-1-4(9-7)3-8-5;/h1-3,9H,7H2;1H. The minimum atomic E-state index is 0. The molecule has 0 unspecified atom stereocenters. The zero-order chi connectivity index (χ0) is 6.69. The number of halogens is 2. The van der Waals surface area contributed by atoms with Crippen molar-refractivity contribution in [3.63, 3.8) is 0 Å². The van der Waals surface area contributed by atoms with E-state index in [9.17, 15) is 0 Å². The molecule has 10 heavy (non-hydrogen) atoms. The van der Waals surface area contributed by atoms with Crippen molar-refractivity contribution >= 4 is 34.0 Å². The molecular weight excluding hydrogens is 217 g/mol. The molecule has 5 heteroatoms. The van der Waals surface area contributed by atoms with Gasteiger partial charge in [0.1, 0.15) is 4.60 Å². The highest BCUT2D eigenvalue weighted by molar-refractivity contribution is 9.10. The molecule has 0 atom stereocenters. The summed E-state index contributed by atoms with van der Waals surface area (Å²) >= 11 is 3.19. The molecule has 3 N–H and O–H groups in total. The van der Waals surface area contributed by atoms with Gasteiger partial charge in [-0.25, -0.2) is 4.98 Å². The van der Waals surface area contributed by atoms with Crippen molar-refractivity contribution in [2.75, 3.05) is 5.43 Å². The molecule has 0 amide bonds. The minimum Gasteiger partial charge on any atom is -0.323 e. The molecule has 1 aromatic heterocycles. The van der Waals surface area contributed by atoms with Gasteiger partial charge < -0.3 is 5.43 Å². The number of nitrogens with one attached hydrogen (secondary N) is 1. The fourth-order valence-electron chi connectivity index (χ4n) is 0.461. The van der Waals surface area contributed by atoms with Crippen molar-refractivity contribution in [1.82, 2.24) is 4.98 Å². The van der Waals surface area contributed by atoms with Crippen LogP contribution in [-0.4, -0.2) is 4.98 Å². The molecule has 0 saturated carbocycles. The Labute approximate surface area is 73.5 Å². The number of rotatable bonds is 1. The SMILES string of the molecule is Cl.NNc1ccc(Br)nc1. The predicted molar refractivity (Wildman–Crippen MR) is 47.0 cm³/mol. The predicted octanol–water partition coefficient (Wildman–Crippen LogP) is 1.55. The van der Waals surface area contributed by atoms with Crippen LogP contribution in [0.4, 0.5) is 5.69 Å². The van der Waals surface area contributed by atoms with Gasteiger partial charge in [-0.2, -0.15) is 0 Å². The normalized spacial score (nSPS) is 8.20. The fraction of sp³-hybridized carbons (Fsp3) is 0. The van der Waals surface area contributed by atoms with E-state index in [4.69, 9.17) is 5.84 Å². The lowest BCUT2D eigenvalue weighted by Gasteiger charge is -1.95. The first kappa shape index (κ1) is 9.68. The van der Waals surface area contributed by atoms with Crippen LogP contribution in [0.1, 0.15) is 0 Å². The maximum atomic E-state index is 5.09. The van der Waals surface area contributed by atoms with Crippen molar-refractivity contribution in [2.24, 2.45) is 5.84 Å². The van der Waals surface area contributed by atoms with Crippen LogP contribution in [0.5, 0.6) is 0 Å². The van der Waals surface area contributed by atoms with E-state index >= 15 is 0 Å². The second-order valence-electron chi connectivity index (χ2n) is 1.51. The molecule has 0 aromatic carbocycles. The molecule has 1 heterocycles. The summed E-state index contributed by atoms with van der Waals surface area (Å²) in [7, 11) is 0. The van der Waals surface area contributed by atoms with Crippen LogP contribution >= 0.6 is 28.3 Å². The number of aromatic nitrogens is 1. The maximum Gasteiger partial charge on any atom is 0.106 e. The Balaban J connectivity index is 0.000000810. The molecule has 0 bridgehead atoms. The van der Waals surface area contributed by atoms with Crippen molar-refractivity contribution in [3.8, 4) is 0 Å². The summed E-state index contributed by atoms with van der Waals surface area (Å²) < 4.78 is 0.807. The van der Waals surface area contributed by atoms with Gasteiger partial charge in [0, 0.05) is 0 Å². The van der Waals surface area contributed by atoms with Gasteiger partial charge in [0.25, 0.3) is 0 Å². The van der Waals surface area contributed by atoms with Crippen molar-refractivity contribution in [3.05, 3.63) is 22.9 Å². The first-order chi connectivity index (χ1) is 4.33. The third-order valence-electron chi connectivity index (χ3n) is 0.894. The number of hydrazine groups is 1. The third-order valence-corrected chi connectivity index (χ3v) is 1.36. The molecule has 56 valence electrons. The first-order valence-corrected chi connectivity index (χ1v) is 3.20. The van der Waals surface area contributed by atoms with Gasteiger partial charge in [-0.1, -0.05) is 0 Å². The lowest BCUT2D eigenvalue weighted by atomic mass is 10.4. The van der Waals surface area contributed by atoms with Gasteiger partial charge in [0.15, 0.2) is 0 Å². The highest BCUT2D eigenvalue weighted by Gasteiger charge is 1.86. The molecule has 0 aliphatic rings. The second kappa shape index (κ2) is 4.49. The second-order valence-corrected chi connectivity index (χ2v) is 2.33. The molecule has 0 spiro atoms. The van der Waals surface area contributed by atoms with Crippen LogP contribution in [0.3, 0.4) is 0 Å². The topological polar surface area (TPSA) is 50.9 Å². The van der Waals surface area contributed by atoms with E-state index in [1.54, 1.807) is 6.20 Å². The van der Waals surface area contributed by atoms with E-state index in [2.05, 4.69) is 26.3 Å². The Hall–Kier alpha value is -0.320. The molecule has 0 aliphatic carbocycles. The molecule has 0 radical (unpaired) electrons. The lowest BCUT2D eigenvalue weighted by Crippen LogP contribution is -2.06. The van der Waals surface area contributed by atoms with Gasteiger partial charge in [-0.05, 0) is 28.1 Å². The summed E-state index contributed by atoms with van der Waals surface area (Å²) in [4.78, 5) is 3.92. The summed E-state index contributed by atoms with van der Waals surface area (Å²) in [6, 6.07) is 3.65. The lowest BCUT2D eigenvalue weighted by molar-refractivity contribution is 1.24. The summed E-state index contributed by atoms with van der Waals surface area (Å²) in [5.74, 6) is 5.09. The van der Waals surface area contributed by atoms with Gasteiger partial charge in [-0.15, -0.1) is 12.4 Å². The highest BCUT2D eigenvalue weighted by atomic mass is 79.9. The summed E-state index contributed by atoms with van der Waals surface area (Å²) in [6.07, 6.45) is 1.64. The number of anilines is 1. The smallest absolute Gasteiger partial charge is 0.106 e. The Bertz CT molecular complexity index is 189. The minimum absolute atomic E-state index is 0. The quantitative estimate of drug-likeness (QED) is 0.432. The van der Waals surface area contributed by atoms with E-state index in [-0.39, 0.29) is 12.4 Å². The molecule has 1 rings (SSSR count). The summed E-state index contributed by atoms with van der Waals surface area (Å²) in [5, 5.41) is 0. The van der Waals surface area contributed by atoms with E-state index in [1.807, 2.05) is 12.1 Å². The van der Waals surface area contributed by atoms with Crippen LogP contribution in [0.25, 0.3) is 0 Å². The van der Waals surface area contributed by atoms with Crippen molar-refractivity contribution in [1.29, 1.82) is 0 Å². The number of nitrogen functional groups attached to an aromatic ring is 1. The zero-order valence-electron chi connectivity index (χ0n) is 5.04. The van der Waals surface area contributed by atoms with Crippen LogP contribution in [0, 0.1) is 0 Å². The van der Waals surface area contributed by atoms with Crippen LogP contribution in [0.2, 0.25) is 0 Å². The highest BCUT2D eigenvalue weighted by Crippen LogP contribution is 2.08. The molecule has 0 fully saturated rings. The number of nitrogens with two attached hydrogens (primary N) is 1. The average molecular weight is 224 g/mol. The zero-order valence-corrected chi connectivity index (χ0v) is 7.45. The van der Waals surface area contributed by atoms with Crippen molar-refractivity contribution in [2.45, 2.75) is 0 Å². The van der Waals surface area contributed by atoms with E-state index in [0.29, 0.717) is 0 Å². The number of hydrogen-bond acceptors (Lipinski definition) is 3. The van der Waals surface area contributed by atoms with Gasteiger partial charge in [0.2, 0.25) is 0 Å². The average Bonchev–Trinajstić information content (AvgIpc) is 1.90. The monoisotopic (exact) mass is 223 g/mol. The van der Waals surface area contributed by atoms with E-state index in [1.165, 1.54) is 0 Å². The van der Waals surface area contributed by atoms with Crippen LogP contribution < -0.4 is 11.3 Å². The Kier molecular flexibility index (Phi) is 4.34. The first-order valence-electron chi connectivity index (χ1n) is 2.41. The molecule has 0 aliphatic heterocycles. The van der Waals surface area contributed by atoms with Crippen molar-refractivity contribution < 1.29 is 0 Å². The van der Waals surface area contributed by atoms with Crippen LogP contribution in [0.15, 0.2) is 22.9 Å². The molecule has 0 saturated heterocycles. The summed E-state index contributed by atoms with van der Waals surface area (Å²) in [6.45, 7) is 0. The van der Waals surface area contributed by atoms with E-state index < -0.39 is 0 Å². The summed E-state index contributed by atoms with van der Waals surface area (Å²) in [5.41, 5.74) is 3.27. The number of pyridine rings is 1. The van der Waals surface area contributed by atoms with Gasteiger partial charge in [0.05, 0.1) is 11.9 Å². The van der Waals surface area contributed by atoms with Gasteiger partial charge >= 0.3 is 0 Å². The Morgan fingerprint density at radius 2 is 2.20 bits per heavy atom. The number of hydrogen-bond donors (Lipinski definition) is 2. The Morgan fingerprint density at radius 1 is 1.50 bits per heavy atom. The van der Waals surface area contributed by atoms with Gasteiger partial charge in [-0.3, -0.25) is 5.84 Å². The molecular formula is C5H7BrClN3. The van der Waals surface area contributed by atoms with Crippen LogP contribution in [-0.2, 0) is 0 Å². The fourth-order valence-corrected chi connectivity index (χ4v) is 0.696. The Morgan fingerprint density at radius 3 is 2.60 bits per heavy atom. The molecule has 3 nitrogen and oxygen atoms in total. The van der Waals surface area contributed by atoms with E-state index in [0.717, 1.165) is 10.3 Å². The number of nitrogens with zero attached hydrogens (tertiary/aromatic N) is 1. The molecule has 1 aromatic rings. The maximum absolute atomic E-state index is 5.09.